The van der Waals surface area contributed by atoms with Crippen molar-refractivity contribution in [2.45, 2.75) is 31.8 Å². The molecule has 0 saturated carbocycles. The summed E-state index contributed by atoms with van der Waals surface area (Å²) in [5.74, 6) is 1.01. The standard InChI is InChI=1S/C21H26I2N2O/c22-18-9-10-21(20(23)14-18)26-13-5-4-8-19-16-25(12-11-24-19)15-17-6-2-1-3-7-17/h1-3,6-7,9-10,14,19,24H,4-5,8,11-13,15-16H2. The van der Waals surface area contributed by atoms with E-state index in [4.69, 9.17) is 4.74 Å². The van der Waals surface area contributed by atoms with Crippen molar-refractivity contribution in [3.05, 3.63) is 61.2 Å². The van der Waals surface area contributed by atoms with Crippen LogP contribution in [0.4, 0.5) is 0 Å². The van der Waals surface area contributed by atoms with Crippen LogP contribution in [0.5, 0.6) is 5.75 Å². The Labute approximate surface area is 184 Å². The van der Waals surface area contributed by atoms with Gasteiger partial charge in [0.2, 0.25) is 0 Å². The summed E-state index contributed by atoms with van der Waals surface area (Å²) in [5.41, 5.74) is 1.41. The van der Waals surface area contributed by atoms with E-state index in [2.05, 4.69) is 104 Å². The number of nitrogens with zero attached hydrogens (tertiary/aromatic N) is 1. The van der Waals surface area contributed by atoms with Crippen LogP contribution in [-0.2, 0) is 6.54 Å². The highest BCUT2D eigenvalue weighted by atomic mass is 127. The molecule has 0 aromatic heterocycles. The number of ether oxygens (including phenoxy) is 1. The smallest absolute Gasteiger partial charge is 0.132 e. The Hall–Kier alpha value is -0.380. The molecule has 0 radical (unpaired) electrons. The molecular weight excluding hydrogens is 550 g/mol. The van der Waals surface area contributed by atoms with Crippen LogP contribution < -0.4 is 10.1 Å². The number of unbranched alkanes of at least 4 members (excludes halogenated alkanes) is 1. The van der Waals surface area contributed by atoms with Gasteiger partial charge >= 0.3 is 0 Å². The van der Waals surface area contributed by atoms with E-state index >= 15 is 0 Å². The second-order valence-electron chi connectivity index (χ2n) is 6.79. The normalized spacial score (nSPS) is 18.0. The lowest BCUT2D eigenvalue weighted by atomic mass is 10.1. The lowest BCUT2D eigenvalue weighted by molar-refractivity contribution is 0.184. The number of benzene rings is 2. The van der Waals surface area contributed by atoms with Gasteiger partial charge in [-0.1, -0.05) is 30.3 Å². The topological polar surface area (TPSA) is 24.5 Å². The maximum atomic E-state index is 5.94. The first-order valence-electron chi connectivity index (χ1n) is 9.28. The molecule has 26 heavy (non-hydrogen) atoms. The summed E-state index contributed by atoms with van der Waals surface area (Å²) in [7, 11) is 0. The number of halogens is 2. The van der Waals surface area contributed by atoms with E-state index in [0.29, 0.717) is 6.04 Å². The first-order chi connectivity index (χ1) is 12.7. The van der Waals surface area contributed by atoms with Gasteiger partial charge in [-0.25, -0.2) is 0 Å². The number of hydrogen-bond acceptors (Lipinski definition) is 3. The van der Waals surface area contributed by atoms with Crippen LogP contribution >= 0.6 is 45.2 Å². The first-order valence-corrected chi connectivity index (χ1v) is 11.4. The quantitative estimate of drug-likeness (QED) is 0.357. The molecule has 1 unspecified atom stereocenters. The third-order valence-electron chi connectivity index (χ3n) is 4.69. The molecule has 2 aromatic rings. The zero-order valence-corrected chi connectivity index (χ0v) is 19.3. The van der Waals surface area contributed by atoms with E-state index in [-0.39, 0.29) is 0 Å². The zero-order valence-electron chi connectivity index (χ0n) is 15.0. The Bertz CT molecular complexity index is 681. The van der Waals surface area contributed by atoms with E-state index in [1.807, 2.05) is 0 Å². The Morgan fingerprint density at radius 2 is 1.92 bits per heavy atom. The summed E-state index contributed by atoms with van der Waals surface area (Å²) in [6.07, 6.45) is 3.54. The van der Waals surface area contributed by atoms with E-state index < -0.39 is 0 Å². The van der Waals surface area contributed by atoms with Crippen molar-refractivity contribution < 1.29 is 4.74 Å². The minimum absolute atomic E-state index is 0.603. The summed E-state index contributed by atoms with van der Waals surface area (Å²) in [6.45, 7) is 5.24. The predicted molar refractivity (Wildman–Crippen MR) is 125 cm³/mol. The molecule has 1 N–H and O–H groups in total. The first kappa shape index (κ1) is 20.4. The van der Waals surface area contributed by atoms with Gasteiger partial charge in [-0.05, 0) is 88.2 Å². The Morgan fingerprint density at radius 1 is 1.08 bits per heavy atom. The molecule has 1 saturated heterocycles. The average molecular weight is 576 g/mol. The van der Waals surface area contributed by atoms with Crippen molar-refractivity contribution in [1.82, 2.24) is 10.2 Å². The van der Waals surface area contributed by atoms with Crippen LogP contribution in [0.1, 0.15) is 24.8 Å². The molecule has 3 rings (SSSR count). The van der Waals surface area contributed by atoms with Crippen molar-refractivity contribution in [3.8, 4) is 5.75 Å². The number of rotatable bonds is 8. The molecule has 2 aromatic carbocycles. The molecule has 1 atom stereocenters. The SMILES string of the molecule is Ic1ccc(OCCCCC2CN(Cc3ccccc3)CCN2)c(I)c1. The highest BCUT2D eigenvalue weighted by Gasteiger charge is 2.18. The molecule has 0 amide bonds. The zero-order chi connectivity index (χ0) is 18.2. The van der Waals surface area contributed by atoms with E-state index in [0.717, 1.165) is 45.0 Å². The number of nitrogens with one attached hydrogen (secondary N) is 1. The van der Waals surface area contributed by atoms with Gasteiger partial charge in [-0.3, -0.25) is 4.90 Å². The fraction of sp³-hybridized carbons (Fsp3) is 0.429. The van der Waals surface area contributed by atoms with Crippen LogP contribution in [0.25, 0.3) is 0 Å². The molecule has 1 heterocycles. The van der Waals surface area contributed by atoms with Crippen LogP contribution in [0.2, 0.25) is 0 Å². The Balaban J connectivity index is 1.34. The Morgan fingerprint density at radius 3 is 2.73 bits per heavy atom. The second-order valence-corrected chi connectivity index (χ2v) is 9.20. The highest BCUT2D eigenvalue weighted by Crippen LogP contribution is 2.23. The minimum Gasteiger partial charge on any atom is -0.492 e. The fourth-order valence-electron chi connectivity index (χ4n) is 3.34. The molecule has 1 aliphatic rings. The molecule has 1 fully saturated rings. The maximum absolute atomic E-state index is 5.94. The van der Waals surface area contributed by atoms with Gasteiger partial charge in [0.05, 0.1) is 10.2 Å². The second kappa shape index (κ2) is 10.8. The Kier molecular flexibility index (Phi) is 8.48. The van der Waals surface area contributed by atoms with Crippen molar-refractivity contribution in [1.29, 1.82) is 0 Å². The monoisotopic (exact) mass is 576 g/mol. The third-order valence-corrected chi connectivity index (χ3v) is 6.20. The third kappa shape index (κ3) is 6.65. The predicted octanol–water partition coefficient (Wildman–Crippen LogP) is 4.92. The molecule has 0 spiro atoms. The molecular formula is C21H26I2N2O. The molecule has 5 heteroatoms. The van der Waals surface area contributed by atoms with Gasteiger partial charge in [0.1, 0.15) is 5.75 Å². The summed E-state index contributed by atoms with van der Waals surface area (Å²) in [4.78, 5) is 2.57. The van der Waals surface area contributed by atoms with Crippen LogP contribution in [0.15, 0.2) is 48.5 Å². The minimum atomic E-state index is 0.603. The van der Waals surface area contributed by atoms with Crippen molar-refractivity contribution in [2.24, 2.45) is 0 Å². The van der Waals surface area contributed by atoms with Gasteiger partial charge < -0.3 is 10.1 Å². The van der Waals surface area contributed by atoms with E-state index in [9.17, 15) is 0 Å². The lowest BCUT2D eigenvalue weighted by Gasteiger charge is -2.33. The molecule has 140 valence electrons. The maximum Gasteiger partial charge on any atom is 0.132 e. The van der Waals surface area contributed by atoms with Gasteiger partial charge in [0, 0.05) is 35.8 Å². The van der Waals surface area contributed by atoms with Crippen molar-refractivity contribution in [3.63, 3.8) is 0 Å². The van der Waals surface area contributed by atoms with E-state index in [1.54, 1.807) is 0 Å². The van der Waals surface area contributed by atoms with Gasteiger partial charge in [0.15, 0.2) is 0 Å². The number of hydrogen-bond donors (Lipinski definition) is 1. The van der Waals surface area contributed by atoms with Crippen molar-refractivity contribution in [2.75, 3.05) is 26.2 Å². The molecule has 3 nitrogen and oxygen atoms in total. The van der Waals surface area contributed by atoms with Crippen LogP contribution in [-0.4, -0.2) is 37.2 Å². The summed E-state index contributed by atoms with van der Waals surface area (Å²) < 4.78 is 8.39. The fourth-order valence-corrected chi connectivity index (χ4v) is 5.10. The van der Waals surface area contributed by atoms with Crippen molar-refractivity contribution >= 4 is 45.2 Å². The molecule has 0 aliphatic carbocycles. The van der Waals surface area contributed by atoms with Crippen LogP contribution in [0, 0.1) is 7.14 Å². The van der Waals surface area contributed by atoms with Gasteiger partial charge in [-0.15, -0.1) is 0 Å². The summed E-state index contributed by atoms with van der Waals surface area (Å²) in [5, 5.41) is 3.67. The molecule has 0 bridgehead atoms. The van der Waals surface area contributed by atoms with E-state index in [1.165, 1.54) is 25.5 Å². The highest BCUT2D eigenvalue weighted by molar-refractivity contribution is 14.1. The largest absolute Gasteiger partial charge is 0.492 e. The lowest BCUT2D eigenvalue weighted by Crippen LogP contribution is -2.50. The van der Waals surface area contributed by atoms with Gasteiger partial charge in [0.25, 0.3) is 0 Å². The summed E-state index contributed by atoms with van der Waals surface area (Å²) in [6, 6.07) is 17.7. The van der Waals surface area contributed by atoms with Gasteiger partial charge in [-0.2, -0.15) is 0 Å². The number of piperazine rings is 1. The molecule has 1 aliphatic heterocycles. The van der Waals surface area contributed by atoms with Crippen LogP contribution in [0.3, 0.4) is 0 Å². The summed E-state index contributed by atoms with van der Waals surface area (Å²) >= 11 is 4.68. The average Bonchev–Trinajstić information content (AvgIpc) is 2.64.